The summed E-state index contributed by atoms with van der Waals surface area (Å²) < 4.78 is 28.0. The van der Waals surface area contributed by atoms with Crippen LogP contribution in [0.4, 0.5) is 8.78 Å². The molecule has 1 atom stereocenters. The van der Waals surface area contributed by atoms with Crippen LogP contribution in [0.2, 0.25) is 0 Å². The van der Waals surface area contributed by atoms with Gasteiger partial charge in [-0.15, -0.1) is 0 Å². The Morgan fingerprint density at radius 2 is 2.00 bits per heavy atom. The largest absolute Gasteiger partial charge is 0.480 e. The van der Waals surface area contributed by atoms with Gasteiger partial charge in [0.05, 0.1) is 6.54 Å². The zero-order valence-electron chi connectivity index (χ0n) is 9.19. The van der Waals surface area contributed by atoms with Gasteiger partial charge in [-0.2, -0.15) is 8.78 Å². The number of halogens is 2. The van der Waals surface area contributed by atoms with E-state index in [0.29, 0.717) is 0 Å². The first-order valence-corrected chi connectivity index (χ1v) is 4.99. The van der Waals surface area contributed by atoms with Crippen molar-refractivity contribution in [2.75, 3.05) is 6.54 Å². The topological polar surface area (TPSA) is 58.6 Å². The van der Waals surface area contributed by atoms with Crippen LogP contribution < -0.4 is 10.1 Å². The monoisotopic (exact) mass is 245 g/mol. The Labute approximate surface area is 97.2 Å². The Balaban J connectivity index is 2.57. The van der Waals surface area contributed by atoms with E-state index in [1.54, 1.807) is 19.1 Å². The second-order valence-corrected chi connectivity index (χ2v) is 3.44. The summed E-state index contributed by atoms with van der Waals surface area (Å²) >= 11 is 0. The van der Waals surface area contributed by atoms with E-state index >= 15 is 0 Å². The van der Waals surface area contributed by atoms with Crippen molar-refractivity contribution in [2.24, 2.45) is 0 Å². The third-order valence-electron chi connectivity index (χ3n) is 2.16. The highest BCUT2D eigenvalue weighted by Crippen LogP contribution is 2.18. The van der Waals surface area contributed by atoms with E-state index in [9.17, 15) is 13.6 Å². The minimum atomic E-state index is -2.84. The van der Waals surface area contributed by atoms with E-state index in [2.05, 4.69) is 10.1 Å². The van der Waals surface area contributed by atoms with Crippen LogP contribution in [0.3, 0.4) is 0 Å². The van der Waals surface area contributed by atoms with Gasteiger partial charge < -0.3 is 15.2 Å². The number of hydrogen-bond acceptors (Lipinski definition) is 3. The SMILES string of the molecule is CC(NCC(=O)O)c1ccc(OC(F)F)cc1. The van der Waals surface area contributed by atoms with Gasteiger partial charge in [0, 0.05) is 6.04 Å². The second kappa shape index (κ2) is 6.15. The number of rotatable bonds is 6. The van der Waals surface area contributed by atoms with Gasteiger partial charge in [-0.1, -0.05) is 12.1 Å². The molecule has 17 heavy (non-hydrogen) atoms. The Bertz CT molecular complexity index is 367. The molecule has 4 nitrogen and oxygen atoms in total. The summed E-state index contributed by atoms with van der Waals surface area (Å²) in [5.41, 5.74) is 0.799. The molecule has 0 amide bonds. The summed E-state index contributed by atoms with van der Waals surface area (Å²) in [6.07, 6.45) is 0. The molecule has 0 fully saturated rings. The van der Waals surface area contributed by atoms with E-state index in [1.807, 2.05) is 0 Å². The first kappa shape index (κ1) is 13.4. The van der Waals surface area contributed by atoms with Crippen LogP contribution in [0.1, 0.15) is 18.5 Å². The normalized spacial score (nSPS) is 12.5. The molecule has 0 bridgehead atoms. The van der Waals surface area contributed by atoms with E-state index in [-0.39, 0.29) is 18.3 Å². The number of ether oxygens (including phenoxy) is 1. The summed E-state index contributed by atoms with van der Waals surface area (Å²) in [4.78, 5) is 10.3. The van der Waals surface area contributed by atoms with Crippen molar-refractivity contribution in [1.29, 1.82) is 0 Å². The standard InChI is InChI=1S/C11H13F2NO3/c1-7(14-6-10(15)16)8-2-4-9(5-3-8)17-11(12)13/h2-5,7,11,14H,6H2,1H3,(H,15,16). The lowest BCUT2D eigenvalue weighted by atomic mass is 10.1. The van der Waals surface area contributed by atoms with Crippen molar-refractivity contribution < 1.29 is 23.4 Å². The first-order valence-electron chi connectivity index (χ1n) is 4.99. The molecule has 1 unspecified atom stereocenters. The molecule has 0 aliphatic rings. The van der Waals surface area contributed by atoms with Gasteiger partial charge in [0.25, 0.3) is 0 Å². The summed E-state index contributed by atoms with van der Waals surface area (Å²) in [6.45, 7) is -1.22. The van der Waals surface area contributed by atoms with Gasteiger partial charge >= 0.3 is 12.6 Å². The number of alkyl halides is 2. The maximum absolute atomic E-state index is 11.9. The molecule has 0 saturated carbocycles. The number of aliphatic carboxylic acids is 1. The highest BCUT2D eigenvalue weighted by molar-refractivity contribution is 5.69. The predicted molar refractivity (Wildman–Crippen MR) is 57.1 cm³/mol. The molecule has 1 rings (SSSR count). The van der Waals surface area contributed by atoms with Crippen LogP contribution in [0.15, 0.2) is 24.3 Å². The molecular weight excluding hydrogens is 232 g/mol. The molecule has 1 aromatic carbocycles. The average molecular weight is 245 g/mol. The highest BCUT2D eigenvalue weighted by atomic mass is 19.3. The lowest BCUT2D eigenvalue weighted by molar-refractivity contribution is -0.136. The molecule has 0 saturated heterocycles. The van der Waals surface area contributed by atoms with Gasteiger partial charge in [-0.05, 0) is 24.6 Å². The molecule has 1 aromatic rings. The summed E-state index contributed by atoms with van der Waals surface area (Å²) in [5, 5.41) is 11.3. The summed E-state index contributed by atoms with van der Waals surface area (Å²) in [7, 11) is 0. The molecular formula is C11H13F2NO3. The van der Waals surface area contributed by atoms with Crippen LogP contribution in [-0.2, 0) is 4.79 Å². The third kappa shape index (κ3) is 4.78. The number of carboxylic acids is 1. The molecule has 0 heterocycles. The summed E-state index contributed by atoms with van der Waals surface area (Å²) in [5.74, 6) is -0.872. The lowest BCUT2D eigenvalue weighted by Gasteiger charge is -2.13. The van der Waals surface area contributed by atoms with E-state index < -0.39 is 12.6 Å². The molecule has 0 spiro atoms. The van der Waals surface area contributed by atoms with Crippen molar-refractivity contribution in [1.82, 2.24) is 5.32 Å². The van der Waals surface area contributed by atoms with Crippen molar-refractivity contribution >= 4 is 5.97 Å². The smallest absolute Gasteiger partial charge is 0.387 e. The first-order chi connectivity index (χ1) is 7.99. The molecule has 2 N–H and O–H groups in total. The third-order valence-corrected chi connectivity index (χ3v) is 2.16. The molecule has 0 aliphatic heterocycles. The average Bonchev–Trinajstić information content (AvgIpc) is 2.26. The molecule has 94 valence electrons. The zero-order chi connectivity index (χ0) is 12.8. The van der Waals surface area contributed by atoms with Gasteiger partial charge in [0.2, 0.25) is 0 Å². The summed E-state index contributed by atoms with van der Waals surface area (Å²) in [6, 6.07) is 5.88. The van der Waals surface area contributed by atoms with E-state index in [4.69, 9.17) is 5.11 Å². The lowest BCUT2D eigenvalue weighted by Crippen LogP contribution is -2.25. The predicted octanol–water partition coefficient (Wildman–Crippen LogP) is 2.02. The van der Waals surface area contributed by atoms with E-state index in [1.165, 1.54) is 12.1 Å². The fourth-order valence-corrected chi connectivity index (χ4v) is 1.30. The minimum absolute atomic E-state index is 0.0779. The number of benzene rings is 1. The van der Waals surface area contributed by atoms with Crippen molar-refractivity contribution in [3.63, 3.8) is 0 Å². The van der Waals surface area contributed by atoms with Gasteiger partial charge in [0.1, 0.15) is 5.75 Å². The van der Waals surface area contributed by atoms with Gasteiger partial charge in [0.15, 0.2) is 0 Å². The number of carboxylic acid groups (broad SMARTS) is 1. The maximum atomic E-state index is 11.9. The number of carbonyl (C=O) groups is 1. The van der Waals surface area contributed by atoms with Gasteiger partial charge in [-0.25, -0.2) is 0 Å². The Hall–Kier alpha value is -1.69. The van der Waals surface area contributed by atoms with Crippen LogP contribution in [0, 0.1) is 0 Å². The zero-order valence-corrected chi connectivity index (χ0v) is 9.19. The molecule has 6 heteroatoms. The highest BCUT2D eigenvalue weighted by Gasteiger charge is 2.08. The quantitative estimate of drug-likeness (QED) is 0.805. The van der Waals surface area contributed by atoms with Crippen LogP contribution in [0.25, 0.3) is 0 Å². The Morgan fingerprint density at radius 3 is 2.47 bits per heavy atom. The van der Waals surface area contributed by atoms with Crippen LogP contribution >= 0.6 is 0 Å². The fourth-order valence-electron chi connectivity index (χ4n) is 1.30. The van der Waals surface area contributed by atoms with Gasteiger partial charge in [-0.3, -0.25) is 4.79 Å². The minimum Gasteiger partial charge on any atom is -0.480 e. The van der Waals surface area contributed by atoms with Crippen molar-refractivity contribution in [3.8, 4) is 5.75 Å². The molecule has 0 aromatic heterocycles. The second-order valence-electron chi connectivity index (χ2n) is 3.44. The van der Waals surface area contributed by atoms with E-state index in [0.717, 1.165) is 5.56 Å². The number of nitrogens with one attached hydrogen (secondary N) is 1. The van der Waals surface area contributed by atoms with Crippen LogP contribution in [0.5, 0.6) is 5.75 Å². The van der Waals surface area contributed by atoms with Crippen LogP contribution in [-0.4, -0.2) is 24.2 Å². The van der Waals surface area contributed by atoms with Crippen molar-refractivity contribution in [3.05, 3.63) is 29.8 Å². The number of hydrogen-bond donors (Lipinski definition) is 2. The Morgan fingerprint density at radius 1 is 1.41 bits per heavy atom. The maximum Gasteiger partial charge on any atom is 0.387 e. The molecule has 0 aliphatic carbocycles. The molecule has 0 radical (unpaired) electrons. The fraction of sp³-hybridized carbons (Fsp3) is 0.364. The Kier molecular flexibility index (Phi) is 4.84. The van der Waals surface area contributed by atoms with Crippen molar-refractivity contribution in [2.45, 2.75) is 19.6 Å².